The Bertz CT molecular complexity index is 779. The van der Waals surface area contributed by atoms with E-state index in [1.54, 1.807) is 12.3 Å². The number of nitriles is 1. The number of nitrogens with zero attached hydrogens (tertiary/aromatic N) is 3. The van der Waals surface area contributed by atoms with E-state index in [-0.39, 0.29) is 11.8 Å². The molecule has 1 aromatic heterocycles. The molecule has 5 heteroatoms. The van der Waals surface area contributed by atoms with Crippen LogP contribution < -0.4 is 10.2 Å². The summed E-state index contributed by atoms with van der Waals surface area (Å²) in [6, 6.07) is 11.8. The highest BCUT2D eigenvalue weighted by molar-refractivity contribution is 5.94. The first-order valence-corrected chi connectivity index (χ1v) is 8.56. The Balaban J connectivity index is 1.60. The molecule has 1 aliphatic heterocycles. The van der Waals surface area contributed by atoms with Crippen molar-refractivity contribution in [3.05, 3.63) is 53.2 Å². The number of hydrogen-bond acceptors (Lipinski definition) is 4. The van der Waals surface area contributed by atoms with Crippen LogP contribution >= 0.6 is 0 Å². The van der Waals surface area contributed by atoms with Gasteiger partial charge < -0.3 is 10.2 Å². The van der Waals surface area contributed by atoms with Crippen molar-refractivity contribution in [3.63, 3.8) is 0 Å². The van der Waals surface area contributed by atoms with Crippen LogP contribution in [0.15, 0.2) is 36.5 Å². The predicted molar refractivity (Wildman–Crippen MR) is 98.4 cm³/mol. The number of carbonyl (C=O) groups is 1. The van der Waals surface area contributed by atoms with Gasteiger partial charge in [0.2, 0.25) is 5.91 Å². The van der Waals surface area contributed by atoms with Gasteiger partial charge >= 0.3 is 0 Å². The molecule has 1 saturated heterocycles. The SMILES string of the molecule is Cc1cccc(C)c1NC(=O)C1CCN(c2ccc(C#N)cn2)CC1. The minimum absolute atomic E-state index is 0.0219. The standard InChI is InChI=1S/C20H22N4O/c1-14-4-3-5-15(2)19(14)23-20(25)17-8-10-24(11-9-17)18-7-6-16(12-21)13-22-18/h3-7,13,17H,8-11H2,1-2H3,(H,23,25). The molecular formula is C20H22N4O. The van der Waals surface area contributed by atoms with Gasteiger partial charge in [0.05, 0.1) is 5.56 Å². The second kappa shape index (κ2) is 7.35. The molecule has 1 aliphatic rings. The molecule has 0 unspecified atom stereocenters. The first-order valence-electron chi connectivity index (χ1n) is 8.56. The summed E-state index contributed by atoms with van der Waals surface area (Å²) in [5, 5.41) is 12.0. The summed E-state index contributed by atoms with van der Waals surface area (Å²) in [4.78, 5) is 19.1. The molecule has 128 valence electrons. The largest absolute Gasteiger partial charge is 0.357 e. The van der Waals surface area contributed by atoms with Crippen LogP contribution in [0.5, 0.6) is 0 Å². The fourth-order valence-corrected chi connectivity index (χ4v) is 3.25. The van der Waals surface area contributed by atoms with E-state index in [0.29, 0.717) is 5.56 Å². The third-order valence-electron chi connectivity index (χ3n) is 4.80. The van der Waals surface area contributed by atoms with E-state index in [0.717, 1.165) is 48.6 Å². The number of nitrogens with one attached hydrogen (secondary N) is 1. The Morgan fingerprint density at radius 1 is 1.20 bits per heavy atom. The van der Waals surface area contributed by atoms with Crippen LogP contribution in [0.25, 0.3) is 0 Å². The highest BCUT2D eigenvalue weighted by atomic mass is 16.1. The van der Waals surface area contributed by atoms with Crippen LogP contribution in [0.1, 0.15) is 29.5 Å². The number of hydrogen-bond donors (Lipinski definition) is 1. The van der Waals surface area contributed by atoms with Gasteiger partial charge in [-0.3, -0.25) is 4.79 Å². The zero-order valence-corrected chi connectivity index (χ0v) is 14.6. The lowest BCUT2D eigenvalue weighted by Gasteiger charge is -2.32. The maximum absolute atomic E-state index is 12.6. The Morgan fingerprint density at radius 2 is 1.88 bits per heavy atom. The molecule has 1 N–H and O–H groups in total. The van der Waals surface area contributed by atoms with Crippen LogP contribution in [-0.4, -0.2) is 24.0 Å². The molecular weight excluding hydrogens is 312 g/mol. The number of anilines is 2. The fourth-order valence-electron chi connectivity index (χ4n) is 3.25. The maximum atomic E-state index is 12.6. The second-order valence-corrected chi connectivity index (χ2v) is 6.53. The van der Waals surface area contributed by atoms with Gasteiger partial charge in [0.15, 0.2) is 0 Å². The van der Waals surface area contributed by atoms with Crippen molar-refractivity contribution in [1.29, 1.82) is 5.26 Å². The summed E-state index contributed by atoms with van der Waals surface area (Å²) < 4.78 is 0. The van der Waals surface area contributed by atoms with Gasteiger partial charge in [-0.2, -0.15) is 5.26 Å². The number of para-hydroxylation sites is 1. The first kappa shape index (κ1) is 17.0. The van der Waals surface area contributed by atoms with E-state index in [4.69, 9.17) is 5.26 Å². The van der Waals surface area contributed by atoms with E-state index >= 15 is 0 Å². The second-order valence-electron chi connectivity index (χ2n) is 6.53. The van der Waals surface area contributed by atoms with E-state index in [2.05, 4.69) is 21.3 Å². The quantitative estimate of drug-likeness (QED) is 0.934. The van der Waals surface area contributed by atoms with Gasteiger partial charge in [0, 0.05) is 30.9 Å². The van der Waals surface area contributed by atoms with Crippen LogP contribution in [0.3, 0.4) is 0 Å². The molecule has 0 spiro atoms. The third-order valence-corrected chi connectivity index (χ3v) is 4.80. The summed E-state index contributed by atoms with van der Waals surface area (Å²) in [6.45, 7) is 5.62. The van der Waals surface area contributed by atoms with E-state index < -0.39 is 0 Å². The summed E-state index contributed by atoms with van der Waals surface area (Å²) in [5.41, 5.74) is 3.68. The van der Waals surface area contributed by atoms with Crippen molar-refractivity contribution >= 4 is 17.4 Å². The third kappa shape index (κ3) is 3.80. The minimum Gasteiger partial charge on any atom is -0.357 e. The van der Waals surface area contributed by atoms with Crippen molar-refractivity contribution in [2.75, 3.05) is 23.3 Å². The molecule has 0 saturated carbocycles. The maximum Gasteiger partial charge on any atom is 0.227 e. The first-order chi connectivity index (χ1) is 12.1. The lowest BCUT2D eigenvalue weighted by atomic mass is 9.95. The summed E-state index contributed by atoms with van der Waals surface area (Å²) in [5.74, 6) is 0.992. The highest BCUT2D eigenvalue weighted by Crippen LogP contribution is 2.25. The van der Waals surface area contributed by atoms with Crippen LogP contribution in [-0.2, 0) is 4.79 Å². The molecule has 0 atom stereocenters. The number of aryl methyl sites for hydroxylation is 2. The van der Waals surface area contributed by atoms with Crippen LogP contribution in [0.2, 0.25) is 0 Å². The van der Waals surface area contributed by atoms with Gasteiger partial charge in [0.25, 0.3) is 0 Å². The van der Waals surface area contributed by atoms with Gasteiger partial charge in [-0.1, -0.05) is 18.2 Å². The van der Waals surface area contributed by atoms with Crippen molar-refractivity contribution in [1.82, 2.24) is 4.98 Å². The summed E-state index contributed by atoms with van der Waals surface area (Å²) >= 11 is 0. The lowest BCUT2D eigenvalue weighted by molar-refractivity contribution is -0.120. The zero-order chi connectivity index (χ0) is 17.8. The van der Waals surface area contributed by atoms with E-state index in [1.165, 1.54) is 0 Å². The molecule has 3 rings (SSSR count). The summed E-state index contributed by atoms with van der Waals surface area (Å²) in [7, 11) is 0. The van der Waals surface area contributed by atoms with Gasteiger partial charge in [-0.05, 0) is 49.9 Å². The monoisotopic (exact) mass is 334 g/mol. The predicted octanol–water partition coefficient (Wildman–Crippen LogP) is 3.43. The highest BCUT2D eigenvalue weighted by Gasteiger charge is 2.26. The number of amides is 1. The van der Waals surface area contributed by atoms with Gasteiger partial charge in [-0.15, -0.1) is 0 Å². The number of rotatable bonds is 3. The lowest BCUT2D eigenvalue weighted by Crippen LogP contribution is -2.38. The molecule has 25 heavy (non-hydrogen) atoms. The number of pyridine rings is 1. The Hall–Kier alpha value is -2.87. The van der Waals surface area contributed by atoms with Gasteiger partial charge in [-0.25, -0.2) is 4.98 Å². The molecule has 0 bridgehead atoms. The molecule has 0 radical (unpaired) electrons. The molecule has 1 aromatic carbocycles. The average molecular weight is 334 g/mol. The van der Waals surface area contributed by atoms with Crippen molar-refractivity contribution < 1.29 is 4.79 Å². The van der Waals surface area contributed by atoms with Crippen molar-refractivity contribution in [2.45, 2.75) is 26.7 Å². The van der Waals surface area contributed by atoms with E-state index in [1.807, 2.05) is 38.1 Å². The van der Waals surface area contributed by atoms with Crippen LogP contribution in [0.4, 0.5) is 11.5 Å². The van der Waals surface area contributed by atoms with Crippen molar-refractivity contribution in [2.24, 2.45) is 5.92 Å². The van der Waals surface area contributed by atoms with Crippen molar-refractivity contribution in [3.8, 4) is 6.07 Å². The Morgan fingerprint density at radius 3 is 2.44 bits per heavy atom. The number of carbonyl (C=O) groups excluding carboxylic acids is 1. The number of benzene rings is 1. The average Bonchev–Trinajstić information content (AvgIpc) is 2.65. The molecule has 0 aliphatic carbocycles. The molecule has 5 nitrogen and oxygen atoms in total. The molecule has 1 fully saturated rings. The normalized spacial score (nSPS) is 14.8. The Labute approximate surface area is 148 Å². The molecule has 2 heterocycles. The van der Waals surface area contributed by atoms with E-state index in [9.17, 15) is 4.79 Å². The molecule has 2 aromatic rings. The topological polar surface area (TPSA) is 69.0 Å². The van der Waals surface area contributed by atoms with Gasteiger partial charge in [0.1, 0.15) is 11.9 Å². The zero-order valence-electron chi connectivity index (χ0n) is 14.6. The van der Waals surface area contributed by atoms with Crippen LogP contribution in [0, 0.1) is 31.1 Å². The summed E-state index contributed by atoms with van der Waals surface area (Å²) in [6.07, 6.45) is 3.20. The smallest absolute Gasteiger partial charge is 0.227 e. The molecule has 1 amide bonds. The Kier molecular flexibility index (Phi) is 4.99. The number of piperidine rings is 1. The number of aromatic nitrogens is 1. The fraction of sp³-hybridized carbons (Fsp3) is 0.350. The minimum atomic E-state index is 0.0219.